The molecule has 1 heterocycles. The molecule has 1 saturated heterocycles. The molecule has 0 saturated carbocycles. The topological polar surface area (TPSA) is 47.7 Å². The smallest absolute Gasteiger partial charge is 0.122 e. The van der Waals surface area contributed by atoms with Gasteiger partial charge in [-0.1, -0.05) is 6.07 Å². The fourth-order valence-electron chi connectivity index (χ4n) is 2.96. The summed E-state index contributed by atoms with van der Waals surface area (Å²) in [4.78, 5) is 2.53. The van der Waals surface area contributed by atoms with Crippen LogP contribution in [0.2, 0.25) is 0 Å². The van der Waals surface area contributed by atoms with Crippen molar-refractivity contribution in [2.45, 2.75) is 26.3 Å². The van der Waals surface area contributed by atoms with E-state index in [1.807, 2.05) is 24.3 Å². The molecule has 1 aliphatic rings. The Morgan fingerprint density at radius 1 is 1.33 bits per heavy atom. The van der Waals surface area contributed by atoms with E-state index in [9.17, 15) is 0 Å². The van der Waals surface area contributed by atoms with Crippen LogP contribution in [-0.4, -0.2) is 44.3 Å². The Labute approximate surface area is 128 Å². The van der Waals surface area contributed by atoms with Crippen molar-refractivity contribution in [2.75, 3.05) is 33.4 Å². The van der Waals surface area contributed by atoms with Crippen molar-refractivity contribution in [1.82, 2.24) is 4.90 Å². The minimum atomic E-state index is 0.417. The number of nitrogens with two attached hydrogens (primary N) is 1. The maximum Gasteiger partial charge on any atom is 0.122 e. The second-order valence-corrected chi connectivity index (χ2v) is 6.12. The van der Waals surface area contributed by atoms with Gasteiger partial charge >= 0.3 is 0 Å². The first kappa shape index (κ1) is 16.1. The zero-order chi connectivity index (χ0) is 15.2. The zero-order valence-corrected chi connectivity index (χ0v) is 13.4. The van der Waals surface area contributed by atoms with Gasteiger partial charge in [0.1, 0.15) is 11.5 Å². The second kappa shape index (κ2) is 7.66. The molecule has 2 rings (SSSR count). The number of hydrogen-bond acceptors (Lipinski definition) is 4. The van der Waals surface area contributed by atoms with Gasteiger partial charge in [-0.05, 0) is 51.4 Å². The summed E-state index contributed by atoms with van der Waals surface area (Å²) in [6.45, 7) is 8.19. The van der Waals surface area contributed by atoms with Crippen LogP contribution in [0.1, 0.15) is 20.3 Å². The zero-order valence-electron chi connectivity index (χ0n) is 13.4. The Morgan fingerprint density at radius 2 is 2.10 bits per heavy atom. The lowest BCUT2D eigenvalue weighted by Crippen LogP contribution is -2.33. The standard InChI is InChI=1S/C17H28N2O2/c1-13(2)19-8-7-14(11-19)15(10-18)12-21-17-6-4-5-16(9-17)20-3/h4-6,9,13-15H,7-8,10-12,18H2,1-3H3. The molecule has 1 aromatic carbocycles. The van der Waals surface area contributed by atoms with Crippen molar-refractivity contribution in [1.29, 1.82) is 0 Å². The first-order chi connectivity index (χ1) is 10.1. The van der Waals surface area contributed by atoms with Gasteiger partial charge in [0.25, 0.3) is 0 Å². The Hall–Kier alpha value is -1.26. The fraction of sp³-hybridized carbons (Fsp3) is 0.647. The highest BCUT2D eigenvalue weighted by atomic mass is 16.5. The Bertz CT molecular complexity index is 437. The third-order valence-corrected chi connectivity index (χ3v) is 4.46. The van der Waals surface area contributed by atoms with Crippen molar-refractivity contribution >= 4 is 0 Å². The number of benzene rings is 1. The number of rotatable bonds is 7. The van der Waals surface area contributed by atoms with Crippen molar-refractivity contribution in [3.05, 3.63) is 24.3 Å². The summed E-state index contributed by atoms with van der Waals surface area (Å²) in [5.74, 6) is 2.73. The lowest BCUT2D eigenvalue weighted by molar-refractivity contribution is 0.187. The predicted octanol–water partition coefficient (Wildman–Crippen LogP) is 2.38. The molecule has 0 aliphatic carbocycles. The minimum Gasteiger partial charge on any atom is -0.497 e. The highest BCUT2D eigenvalue weighted by Gasteiger charge is 2.30. The molecular formula is C17H28N2O2. The molecule has 0 aromatic heterocycles. The summed E-state index contributed by atoms with van der Waals surface area (Å²) in [5.41, 5.74) is 5.97. The average Bonchev–Trinajstić information content (AvgIpc) is 2.98. The third-order valence-electron chi connectivity index (χ3n) is 4.46. The van der Waals surface area contributed by atoms with Crippen molar-refractivity contribution < 1.29 is 9.47 Å². The molecule has 4 nitrogen and oxygen atoms in total. The minimum absolute atomic E-state index is 0.417. The van der Waals surface area contributed by atoms with E-state index in [0.29, 0.717) is 31.0 Å². The molecule has 0 spiro atoms. The quantitative estimate of drug-likeness (QED) is 0.838. The molecule has 2 atom stereocenters. The first-order valence-electron chi connectivity index (χ1n) is 7.85. The van der Waals surface area contributed by atoms with Crippen LogP contribution in [0.5, 0.6) is 11.5 Å². The molecule has 118 valence electrons. The van der Waals surface area contributed by atoms with Gasteiger partial charge in [-0.2, -0.15) is 0 Å². The molecule has 1 aromatic rings. The van der Waals surface area contributed by atoms with Crippen LogP contribution >= 0.6 is 0 Å². The predicted molar refractivity (Wildman–Crippen MR) is 85.8 cm³/mol. The Balaban J connectivity index is 1.88. The van der Waals surface area contributed by atoms with E-state index in [-0.39, 0.29) is 0 Å². The Morgan fingerprint density at radius 3 is 2.71 bits per heavy atom. The molecule has 2 N–H and O–H groups in total. The van der Waals surface area contributed by atoms with Crippen LogP contribution in [0.4, 0.5) is 0 Å². The maximum atomic E-state index is 5.97. The summed E-state index contributed by atoms with van der Waals surface area (Å²) >= 11 is 0. The van der Waals surface area contributed by atoms with Crippen LogP contribution in [0.25, 0.3) is 0 Å². The van der Waals surface area contributed by atoms with Gasteiger partial charge in [-0.3, -0.25) is 0 Å². The van der Waals surface area contributed by atoms with Crippen LogP contribution in [0.15, 0.2) is 24.3 Å². The molecular weight excluding hydrogens is 264 g/mol. The van der Waals surface area contributed by atoms with Gasteiger partial charge < -0.3 is 20.1 Å². The van der Waals surface area contributed by atoms with Gasteiger partial charge in [-0.15, -0.1) is 0 Å². The molecule has 21 heavy (non-hydrogen) atoms. The largest absolute Gasteiger partial charge is 0.497 e. The summed E-state index contributed by atoms with van der Waals surface area (Å²) in [5, 5.41) is 0. The molecule has 0 amide bonds. The van der Waals surface area contributed by atoms with E-state index >= 15 is 0 Å². The number of ether oxygens (including phenoxy) is 2. The van der Waals surface area contributed by atoms with Crippen LogP contribution < -0.4 is 15.2 Å². The summed E-state index contributed by atoms with van der Waals surface area (Å²) in [6.07, 6.45) is 1.22. The Kier molecular flexibility index (Phi) is 5.88. The maximum absolute atomic E-state index is 5.97. The van der Waals surface area contributed by atoms with Gasteiger partial charge in [0.2, 0.25) is 0 Å². The molecule has 2 unspecified atom stereocenters. The highest BCUT2D eigenvalue weighted by molar-refractivity contribution is 5.32. The van der Waals surface area contributed by atoms with E-state index in [1.54, 1.807) is 7.11 Å². The molecule has 0 radical (unpaired) electrons. The third kappa shape index (κ3) is 4.35. The van der Waals surface area contributed by atoms with E-state index in [1.165, 1.54) is 13.0 Å². The normalized spacial score (nSPS) is 20.7. The summed E-state index contributed by atoms with van der Waals surface area (Å²) in [6, 6.07) is 8.37. The molecule has 0 bridgehead atoms. The summed E-state index contributed by atoms with van der Waals surface area (Å²) in [7, 11) is 1.67. The van der Waals surface area contributed by atoms with E-state index in [2.05, 4.69) is 18.7 Å². The number of methoxy groups -OCH3 is 1. The van der Waals surface area contributed by atoms with Crippen molar-refractivity contribution in [3.8, 4) is 11.5 Å². The number of nitrogens with zero attached hydrogens (tertiary/aromatic N) is 1. The van der Waals surface area contributed by atoms with Crippen molar-refractivity contribution in [2.24, 2.45) is 17.6 Å². The van der Waals surface area contributed by atoms with E-state index in [4.69, 9.17) is 15.2 Å². The first-order valence-corrected chi connectivity index (χ1v) is 7.85. The van der Waals surface area contributed by atoms with Crippen LogP contribution in [0.3, 0.4) is 0 Å². The van der Waals surface area contributed by atoms with Gasteiger partial charge in [-0.25, -0.2) is 0 Å². The SMILES string of the molecule is COc1cccc(OCC(CN)C2CCN(C(C)C)C2)c1. The number of hydrogen-bond donors (Lipinski definition) is 1. The second-order valence-electron chi connectivity index (χ2n) is 6.12. The van der Waals surface area contributed by atoms with E-state index < -0.39 is 0 Å². The van der Waals surface area contributed by atoms with Crippen LogP contribution in [0, 0.1) is 11.8 Å². The van der Waals surface area contributed by atoms with Crippen LogP contribution in [-0.2, 0) is 0 Å². The van der Waals surface area contributed by atoms with E-state index in [0.717, 1.165) is 18.0 Å². The molecule has 4 heteroatoms. The monoisotopic (exact) mass is 292 g/mol. The van der Waals surface area contributed by atoms with Gasteiger partial charge in [0.15, 0.2) is 0 Å². The lowest BCUT2D eigenvalue weighted by Gasteiger charge is -2.24. The average molecular weight is 292 g/mol. The summed E-state index contributed by atoms with van der Waals surface area (Å²) < 4.78 is 11.1. The fourth-order valence-corrected chi connectivity index (χ4v) is 2.96. The van der Waals surface area contributed by atoms with Gasteiger partial charge in [0.05, 0.1) is 13.7 Å². The highest BCUT2D eigenvalue weighted by Crippen LogP contribution is 2.26. The van der Waals surface area contributed by atoms with Gasteiger partial charge in [0, 0.05) is 24.6 Å². The number of likely N-dealkylation sites (tertiary alicyclic amines) is 1. The lowest BCUT2D eigenvalue weighted by atomic mass is 9.92. The van der Waals surface area contributed by atoms with Crippen molar-refractivity contribution in [3.63, 3.8) is 0 Å². The molecule has 1 aliphatic heterocycles. The molecule has 1 fully saturated rings.